The van der Waals surface area contributed by atoms with Crippen molar-refractivity contribution in [2.75, 3.05) is 26.7 Å². The minimum atomic E-state index is -0.385. The van der Waals surface area contributed by atoms with Gasteiger partial charge in [0.15, 0.2) is 0 Å². The van der Waals surface area contributed by atoms with Crippen LogP contribution in [0.15, 0.2) is 0 Å². The molecule has 5 heteroatoms. The smallest absolute Gasteiger partial charge is 0.222 e. The highest BCUT2D eigenvalue weighted by atomic mass is 16.2. The molecule has 0 aliphatic rings. The molecule has 0 rings (SSSR count). The maximum Gasteiger partial charge on any atom is 0.222 e. The van der Waals surface area contributed by atoms with Crippen molar-refractivity contribution in [1.29, 1.82) is 0 Å². The molecule has 2 atom stereocenters. The summed E-state index contributed by atoms with van der Waals surface area (Å²) in [5.41, 5.74) is -0.401. The third-order valence-corrected chi connectivity index (χ3v) is 8.92. The third kappa shape index (κ3) is 13.4. The summed E-state index contributed by atoms with van der Waals surface area (Å²) in [4.78, 5) is 39.1. The van der Waals surface area contributed by atoms with Crippen LogP contribution < -0.4 is 5.32 Å². The highest BCUT2D eigenvalue weighted by Gasteiger charge is 2.47. The van der Waals surface area contributed by atoms with Gasteiger partial charge in [-0.1, -0.05) is 87.5 Å². The summed E-state index contributed by atoms with van der Waals surface area (Å²) in [5, 5.41) is 3.17. The molecule has 0 aliphatic heterocycles. The normalized spacial score (nSPS) is 14.7. The second-order valence-corrected chi connectivity index (χ2v) is 13.3. The quantitative estimate of drug-likeness (QED) is 0.117. The Balaban J connectivity index is 5.06. The van der Waals surface area contributed by atoms with E-state index in [2.05, 4.69) is 60.7 Å². The van der Waals surface area contributed by atoms with Crippen molar-refractivity contribution in [1.82, 2.24) is 10.2 Å². The van der Waals surface area contributed by atoms with Crippen molar-refractivity contribution in [2.24, 2.45) is 22.2 Å². The fourth-order valence-corrected chi connectivity index (χ4v) is 5.29. The number of ketones is 1. The Morgan fingerprint density at radius 2 is 1.46 bits per heavy atom. The minimum Gasteiger partial charge on any atom is -0.343 e. The Labute approximate surface area is 230 Å². The van der Waals surface area contributed by atoms with Gasteiger partial charge in [0.25, 0.3) is 0 Å². The zero-order chi connectivity index (χ0) is 28.5. The molecule has 0 aromatic rings. The topological polar surface area (TPSA) is 66.5 Å². The van der Waals surface area contributed by atoms with E-state index in [1.165, 1.54) is 19.3 Å². The van der Waals surface area contributed by atoms with Crippen LogP contribution in [0.4, 0.5) is 0 Å². The average molecular weight is 523 g/mol. The van der Waals surface area contributed by atoms with Crippen LogP contribution in [0.1, 0.15) is 139 Å². The molecule has 0 bridgehead atoms. The highest BCUT2D eigenvalue weighted by molar-refractivity contribution is 5.85. The first kappa shape index (κ1) is 35.8. The van der Waals surface area contributed by atoms with Gasteiger partial charge in [-0.25, -0.2) is 0 Å². The van der Waals surface area contributed by atoms with Crippen molar-refractivity contribution < 1.29 is 14.4 Å². The van der Waals surface area contributed by atoms with E-state index in [1.807, 2.05) is 11.9 Å². The number of hydrogen-bond acceptors (Lipinski definition) is 4. The molecule has 0 spiro atoms. The molecule has 218 valence electrons. The molecule has 0 radical (unpaired) electrons. The summed E-state index contributed by atoms with van der Waals surface area (Å²) in [5.74, 6) is 1.00. The van der Waals surface area contributed by atoms with Crippen LogP contribution in [-0.4, -0.2) is 49.6 Å². The SMILES string of the molecule is CCCCC(C)C(C)(C)CC(C)(C(=O)CCCCN(CCCCCCNC)C(=O)CCC=O)C(C)(C)C. The molecule has 5 nitrogen and oxygen atoms in total. The molecule has 0 saturated carbocycles. The largest absolute Gasteiger partial charge is 0.343 e. The Morgan fingerprint density at radius 1 is 0.865 bits per heavy atom. The lowest BCUT2D eigenvalue weighted by Gasteiger charge is -2.47. The van der Waals surface area contributed by atoms with Gasteiger partial charge in [0.05, 0.1) is 0 Å². The van der Waals surface area contributed by atoms with Crippen LogP contribution in [0.3, 0.4) is 0 Å². The zero-order valence-electron chi connectivity index (χ0n) is 26.1. The standard InChI is InChI=1S/C32H62N2O3/c1-10-11-19-27(2)31(6,7)26-32(8,30(3,4)5)28(36)20-14-17-24-34(29(37)21-18-25-35)23-16-13-12-15-22-33-9/h25,27,33H,10-24,26H2,1-9H3. The van der Waals surface area contributed by atoms with Gasteiger partial charge in [0.2, 0.25) is 5.91 Å². The van der Waals surface area contributed by atoms with Gasteiger partial charge in [0, 0.05) is 37.8 Å². The lowest BCUT2D eigenvalue weighted by molar-refractivity contribution is -0.137. The zero-order valence-corrected chi connectivity index (χ0v) is 26.1. The fraction of sp³-hybridized carbons (Fsp3) is 0.906. The first-order valence-corrected chi connectivity index (χ1v) is 15.2. The van der Waals surface area contributed by atoms with Crippen LogP contribution in [0.5, 0.6) is 0 Å². The van der Waals surface area contributed by atoms with Crippen LogP contribution >= 0.6 is 0 Å². The van der Waals surface area contributed by atoms with Crippen LogP contribution in [-0.2, 0) is 14.4 Å². The van der Waals surface area contributed by atoms with Gasteiger partial charge >= 0.3 is 0 Å². The number of aldehydes is 1. The molecular weight excluding hydrogens is 460 g/mol. The van der Waals surface area contributed by atoms with Crippen molar-refractivity contribution in [3.63, 3.8) is 0 Å². The Kier molecular flexibility index (Phi) is 17.5. The number of nitrogens with one attached hydrogen (secondary N) is 1. The number of carbonyl (C=O) groups is 3. The van der Waals surface area contributed by atoms with E-state index in [4.69, 9.17) is 0 Å². The lowest BCUT2D eigenvalue weighted by atomic mass is 9.56. The first-order valence-electron chi connectivity index (χ1n) is 15.2. The average Bonchev–Trinajstić information content (AvgIpc) is 2.82. The molecule has 0 saturated heterocycles. The summed E-state index contributed by atoms with van der Waals surface area (Å²) in [7, 11) is 1.97. The maximum absolute atomic E-state index is 13.7. The molecule has 0 aliphatic carbocycles. The van der Waals surface area contributed by atoms with E-state index in [0.717, 1.165) is 64.3 Å². The van der Waals surface area contributed by atoms with E-state index in [-0.39, 0.29) is 35.0 Å². The summed E-state index contributed by atoms with van der Waals surface area (Å²) >= 11 is 0. The fourth-order valence-electron chi connectivity index (χ4n) is 5.29. The lowest BCUT2D eigenvalue weighted by Crippen LogP contribution is -2.45. The van der Waals surface area contributed by atoms with Crippen LogP contribution in [0.2, 0.25) is 0 Å². The van der Waals surface area contributed by atoms with E-state index in [9.17, 15) is 14.4 Å². The van der Waals surface area contributed by atoms with Gasteiger partial charge in [-0.15, -0.1) is 0 Å². The molecule has 0 fully saturated rings. The molecule has 37 heavy (non-hydrogen) atoms. The molecular formula is C32H62N2O3. The van der Waals surface area contributed by atoms with Crippen molar-refractivity contribution in [3.8, 4) is 0 Å². The summed E-state index contributed by atoms with van der Waals surface area (Å²) in [6.45, 7) is 20.5. The monoisotopic (exact) mass is 522 g/mol. The number of unbranched alkanes of at least 4 members (excludes halogenated alkanes) is 5. The van der Waals surface area contributed by atoms with E-state index in [0.29, 0.717) is 24.7 Å². The van der Waals surface area contributed by atoms with Gasteiger partial charge < -0.3 is 15.0 Å². The van der Waals surface area contributed by atoms with Gasteiger partial charge in [-0.3, -0.25) is 9.59 Å². The van der Waals surface area contributed by atoms with E-state index < -0.39 is 0 Å². The third-order valence-electron chi connectivity index (χ3n) is 8.92. The maximum atomic E-state index is 13.7. The van der Waals surface area contributed by atoms with Crippen LogP contribution in [0.25, 0.3) is 0 Å². The summed E-state index contributed by atoms with van der Waals surface area (Å²) < 4.78 is 0. The van der Waals surface area contributed by atoms with Crippen LogP contribution in [0, 0.1) is 22.2 Å². The number of carbonyl (C=O) groups excluding carboxylic acids is 3. The summed E-state index contributed by atoms with van der Waals surface area (Å²) in [6.07, 6.45) is 12.5. The predicted molar refractivity (Wildman–Crippen MR) is 158 cm³/mol. The van der Waals surface area contributed by atoms with Gasteiger partial charge in [0.1, 0.15) is 12.1 Å². The van der Waals surface area contributed by atoms with Gasteiger partial charge in [-0.05, 0) is 62.4 Å². The molecule has 0 aromatic heterocycles. The number of Topliss-reactive ketones (excluding diaryl/α,β-unsaturated/α-hetero) is 1. The molecule has 0 heterocycles. The Hall–Kier alpha value is -1.23. The second-order valence-electron chi connectivity index (χ2n) is 13.3. The van der Waals surface area contributed by atoms with Crippen molar-refractivity contribution >= 4 is 18.0 Å². The second kappa shape index (κ2) is 18.1. The highest BCUT2D eigenvalue weighted by Crippen LogP contribution is 2.50. The Morgan fingerprint density at radius 3 is 2.00 bits per heavy atom. The van der Waals surface area contributed by atoms with E-state index in [1.54, 1.807) is 0 Å². The van der Waals surface area contributed by atoms with E-state index >= 15 is 0 Å². The number of hydrogen-bond donors (Lipinski definition) is 1. The molecule has 2 unspecified atom stereocenters. The number of rotatable bonds is 22. The molecule has 1 N–H and O–H groups in total. The van der Waals surface area contributed by atoms with Crippen molar-refractivity contribution in [3.05, 3.63) is 0 Å². The molecule has 1 amide bonds. The predicted octanol–water partition coefficient (Wildman–Crippen LogP) is 7.61. The number of amides is 1. The Bertz CT molecular complexity index is 653. The minimum absolute atomic E-state index is 0.0657. The van der Waals surface area contributed by atoms with Gasteiger partial charge in [-0.2, -0.15) is 0 Å². The molecule has 0 aromatic carbocycles. The summed E-state index contributed by atoms with van der Waals surface area (Å²) in [6, 6.07) is 0. The first-order chi connectivity index (χ1) is 17.3. The number of nitrogens with zero attached hydrogens (tertiary/aromatic N) is 1. The van der Waals surface area contributed by atoms with Crippen molar-refractivity contribution in [2.45, 2.75) is 139 Å².